The minimum atomic E-state index is 0.108. The number of aryl methyl sites for hydroxylation is 1. The lowest BCUT2D eigenvalue weighted by Gasteiger charge is -2.58. The Morgan fingerprint density at radius 3 is 2.86 bits per heavy atom. The first kappa shape index (κ1) is 19.1. The molecule has 0 N–H and O–H groups in total. The number of amides is 1. The van der Waals surface area contributed by atoms with Crippen LogP contribution in [0, 0.1) is 12.8 Å². The molecule has 4 rings (SSSR count). The van der Waals surface area contributed by atoms with E-state index in [0.29, 0.717) is 12.5 Å². The third kappa shape index (κ3) is 3.96. The summed E-state index contributed by atoms with van der Waals surface area (Å²) >= 11 is 0. The molecule has 1 spiro atoms. The zero-order valence-corrected chi connectivity index (χ0v) is 16.8. The summed E-state index contributed by atoms with van der Waals surface area (Å²) in [6.07, 6.45) is 4.03. The first-order valence-corrected chi connectivity index (χ1v) is 10.1. The average Bonchev–Trinajstić information content (AvgIpc) is 2.68. The van der Waals surface area contributed by atoms with Crippen LogP contribution in [0.3, 0.4) is 0 Å². The van der Waals surface area contributed by atoms with Crippen LogP contribution in [0.4, 0.5) is 0 Å². The molecule has 1 aromatic heterocycles. The van der Waals surface area contributed by atoms with E-state index in [1.54, 1.807) is 6.20 Å². The molecule has 1 aromatic carbocycles. The molecule has 2 saturated heterocycles. The lowest BCUT2D eigenvalue weighted by Crippen LogP contribution is -2.72. The van der Waals surface area contributed by atoms with E-state index in [1.165, 1.54) is 0 Å². The smallest absolute Gasteiger partial charge is 0.253 e. The zero-order chi connectivity index (χ0) is 19.6. The lowest BCUT2D eigenvalue weighted by molar-refractivity contribution is -0.0769. The highest BCUT2D eigenvalue weighted by Gasteiger charge is 2.50. The number of nitrogens with zero attached hydrogens (tertiary/aromatic N) is 3. The Morgan fingerprint density at radius 1 is 1.25 bits per heavy atom. The van der Waals surface area contributed by atoms with Crippen LogP contribution in [0.15, 0.2) is 48.7 Å². The van der Waals surface area contributed by atoms with Gasteiger partial charge in [0, 0.05) is 24.8 Å². The molecule has 0 saturated carbocycles. The largest absolute Gasteiger partial charge is 0.375 e. The summed E-state index contributed by atoms with van der Waals surface area (Å²) in [5.41, 5.74) is 3.00. The zero-order valence-electron chi connectivity index (χ0n) is 16.8. The van der Waals surface area contributed by atoms with Gasteiger partial charge in [0.05, 0.1) is 24.4 Å². The van der Waals surface area contributed by atoms with E-state index in [4.69, 9.17) is 4.74 Å². The van der Waals surface area contributed by atoms with Gasteiger partial charge >= 0.3 is 0 Å². The number of pyridine rings is 1. The first-order valence-electron chi connectivity index (χ1n) is 10.1. The van der Waals surface area contributed by atoms with Crippen molar-refractivity contribution in [2.45, 2.75) is 31.9 Å². The van der Waals surface area contributed by atoms with Crippen molar-refractivity contribution < 1.29 is 9.53 Å². The monoisotopic (exact) mass is 379 g/mol. The molecule has 5 heteroatoms. The number of aromatic nitrogens is 1. The number of carbonyl (C=O) groups is 1. The number of benzene rings is 1. The molecule has 1 atom stereocenters. The summed E-state index contributed by atoms with van der Waals surface area (Å²) in [6, 6.07) is 13.8. The molecule has 2 aromatic rings. The molecule has 1 amide bonds. The highest BCUT2D eigenvalue weighted by molar-refractivity contribution is 5.95. The molecule has 28 heavy (non-hydrogen) atoms. The van der Waals surface area contributed by atoms with Crippen LogP contribution in [-0.2, 0) is 11.3 Å². The van der Waals surface area contributed by atoms with Gasteiger partial charge in [0.15, 0.2) is 0 Å². The first-order chi connectivity index (χ1) is 13.6. The Bertz CT molecular complexity index is 818. The third-order valence-electron chi connectivity index (χ3n) is 6.20. The van der Waals surface area contributed by atoms with Crippen molar-refractivity contribution in [2.75, 3.05) is 33.3 Å². The minimum Gasteiger partial charge on any atom is -0.375 e. The molecule has 2 aliphatic rings. The average molecular weight is 380 g/mol. The summed E-state index contributed by atoms with van der Waals surface area (Å²) < 4.78 is 5.95. The Hall–Kier alpha value is -2.24. The quantitative estimate of drug-likeness (QED) is 0.801. The fourth-order valence-electron chi connectivity index (χ4n) is 4.50. The summed E-state index contributed by atoms with van der Waals surface area (Å²) in [4.78, 5) is 21.5. The third-order valence-corrected chi connectivity index (χ3v) is 6.20. The number of ether oxygens (including phenoxy) is 1. The van der Waals surface area contributed by atoms with E-state index < -0.39 is 0 Å². The molecule has 2 fully saturated rings. The number of likely N-dealkylation sites (tertiary alicyclic amines) is 2. The molecule has 148 valence electrons. The van der Waals surface area contributed by atoms with Crippen LogP contribution in [0.25, 0.3) is 0 Å². The van der Waals surface area contributed by atoms with Gasteiger partial charge in [0.25, 0.3) is 5.91 Å². The molecule has 0 bridgehead atoms. The minimum absolute atomic E-state index is 0.108. The van der Waals surface area contributed by atoms with Crippen molar-refractivity contribution in [1.82, 2.24) is 14.8 Å². The number of hydrogen-bond acceptors (Lipinski definition) is 4. The van der Waals surface area contributed by atoms with Crippen LogP contribution in [0.1, 0.15) is 34.5 Å². The number of carbonyl (C=O) groups excluding carboxylic acids is 1. The summed E-state index contributed by atoms with van der Waals surface area (Å²) in [5, 5.41) is 0. The Kier molecular flexibility index (Phi) is 5.47. The van der Waals surface area contributed by atoms with Gasteiger partial charge in [-0.2, -0.15) is 0 Å². The number of rotatable bonds is 5. The standard InChI is InChI=1S/C23H29N3O2/c1-18-6-5-7-20(12-18)22(27)26-16-23(17-26)13-19(9-11-25(23)2)14-28-15-21-8-3-4-10-24-21/h3-8,10,12,19H,9,11,13-17H2,1-2H3/t19-/m1/s1. The van der Waals surface area contributed by atoms with Crippen LogP contribution in [-0.4, -0.2) is 59.5 Å². The molecular weight excluding hydrogens is 350 g/mol. The second-order valence-corrected chi connectivity index (χ2v) is 8.37. The molecule has 3 heterocycles. The van der Waals surface area contributed by atoms with Crippen LogP contribution >= 0.6 is 0 Å². The van der Waals surface area contributed by atoms with Gasteiger partial charge in [0.1, 0.15) is 0 Å². The molecular formula is C23H29N3O2. The Morgan fingerprint density at radius 2 is 2.11 bits per heavy atom. The Labute approximate surface area is 167 Å². The van der Waals surface area contributed by atoms with Gasteiger partial charge < -0.3 is 9.64 Å². The maximum atomic E-state index is 12.8. The van der Waals surface area contributed by atoms with Crippen molar-refractivity contribution in [1.29, 1.82) is 0 Å². The van der Waals surface area contributed by atoms with Crippen molar-refractivity contribution in [3.05, 3.63) is 65.5 Å². The highest BCUT2D eigenvalue weighted by Crippen LogP contribution is 2.39. The summed E-state index contributed by atoms with van der Waals surface area (Å²) in [7, 11) is 2.19. The second-order valence-electron chi connectivity index (χ2n) is 8.37. The highest BCUT2D eigenvalue weighted by atomic mass is 16.5. The Balaban J connectivity index is 1.31. The predicted molar refractivity (Wildman–Crippen MR) is 109 cm³/mol. The van der Waals surface area contributed by atoms with E-state index in [-0.39, 0.29) is 11.4 Å². The van der Waals surface area contributed by atoms with Crippen molar-refractivity contribution in [3.8, 4) is 0 Å². The topological polar surface area (TPSA) is 45.7 Å². The molecule has 0 aliphatic carbocycles. The molecule has 0 unspecified atom stereocenters. The number of hydrogen-bond donors (Lipinski definition) is 0. The van der Waals surface area contributed by atoms with Crippen molar-refractivity contribution in [3.63, 3.8) is 0 Å². The molecule has 2 aliphatic heterocycles. The predicted octanol–water partition coefficient (Wildman–Crippen LogP) is 3.14. The second kappa shape index (κ2) is 8.02. The van der Waals surface area contributed by atoms with Crippen LogP contribution < -0.4 is 0 Å². The maximum Gasteiger partial charge on any atom is 0.253 e. The molecule has 5 nitrogen and oxygen atoms in total. The fraction of sp³-hybridized carbons (Fsp3) is 0.478. The normalized spacial score (nSPS) is 21.5. The van der Waals surface area contributed by atoms with Gasteiger partial charge in [-0.05, 0) is 63.5 Å². The van der Waals surface area contributed by atoms with Gasteiger partial charge in [-0.3, -0.25) is 14.7 Å². The van der Waals surface area contributed by atoms with Gasteiger partial charge in [-0.25, -0.2) is 0 Å². The van der Waals surface area contributed by atoms with Gasteiger partial charge in [-0.1, -0.05) is 23.8 Å². The maximum absolute atomic E-state index is 12.8. The van der Waals surface area contributed by atoms with Gasteiger partial charge in [0.2, 0.25) is 0 Å². The van der Waals surface area contributed by atoms with E-state index in [0.717, 1.165) is 55.9 Å². The van der Waals surface area contributed by atoms with Crippen LogP contribution in [0.5, 0.6) is 0 Å². The SMILES string of the molecule is Cc1cccc(C(=O)N2CC3(C[C@H](COCc4ccccn4)CCN3C)C2)c1. The van der Waals surface area contributed by atoms with Crippen molar-refractivity contribution in [2.24, 2.45) is 5.92 Å². The summed E-state index contributed by atoms with van der Waals surface area (Å²) in [5.74, 6) is 0.687. The van der Waals surface area contributed by atoms with E-state index >= 15 is 0 Å². The number of likely N-dealkylation sites (N-methyl/N-ethyl adjacent to an activating group) is 1. The fourth-order valence-corrected chi connectivity index (χ4v) is 4.50. The van der Waals surface area contributed by atoms with E-state index in [1.807, 2.05) is 54.3 Å². The van der Waals surface area contributed by atoms with Gasteiger partial charge in [-0.15, -0.1) is 0 Å². The lowest BCUT2D eigenvalue weighted by atomic mass is 9.75. The van der Waals surface area contributed by atoms with E-state index in [9.17, 15) is 4.79 Å². The van der Waals surface area contributed by atoms with Crippen molar-refractivity contribution >= 4 is 5.91 Å². The van der Waals surface area contributed by atoms with Crippen LogP contribution in [0.2, 0.25) is 0 Å². The number of piperidine rings is 1. The van der Waals surface area contributed by atoms with E-state index in [2.05, 4.69) is 16.9 Å². The molecule has 0 radical (unpaired) electrons. The summed E-state index contributed by atoms with van der Waals surface area (Å²) in [6.45, 7) is 6.04.